The zero-order valence-corrected chi connectivity index (χ0v) is 20.7. The molecule has 0 saturated heterocycles. The van der Waals surface area contributed by atoms with Crippen molar-refractivity contribution in [2.24, 2.45) is 0 Å². The van der Waals surface area contributed by atoms with Gasteiger partial charge in [0.15, 0.2) is 5.78 Å². The third-order valence-electron chi connectivity index (χ3n) is 5.48. The second kappa shape index (κ2) is 8.67. The Kier molecular flexibility index (Phi) is 6.05. The lowest BCUT2D eigenvalue weighted by atomic mass is 10.0. The Balaban J connectivity index is 1.67. The number of hydrogen-bond acceptors (Lipinski definition) is 4. The van der Waals surface area contributed by atoms with Crippen molar-refractivity contribution in [3.63, 3.8) is 0 Å². The molecule has 3 aromatic rings. The summed E-state index contributed by atoms with van der Waals surface area (Å²) in [4.78, 5) is 39.0. The number of rotatable bonds is 5. The van der Waals surface area contributed by atoms with Crippen LogP contribution in [0.15, 0.2) is 47.1 Å². The van der Waals surface area contributed by atoms with Crippen molar-refractivity contribution < 1.29 is 19.1 Å². The van der Waals surface area contributed by atoms with E-state index in [1.165, 1.54) is 6.92 Å². The van der Waals surface area contributed by atoms with Gasteiger partial charge in [-0.05, 0) is 51.5 Å². The van der Waals surface area contributed by atoms with Crippen LogP contribution in [-0.4, -0.2) is 45.8 Å². The molecule has 2 amide bonds. The van der Waals surface area contributed by atoms with Crippen LogP contribution in [0.3, 0.4) is 0 Å². The number of pyridine rings is 1. The molecule has 0 aliphatic carbocycles. The van der Waals surface area contributed by atoms with Gasteiger partial charge in [0.25, 0.3) is 5.91 Å². The fourth-order valence-electron chi connectivity index (χ4n) is 4.08. The summed E-state index contributed by atoms with van der Waals surface area (Å²) in [5, 5.41) is 2.71. The van der Waals surface area contributed by atoms with E-state index in [1.807, 2.05) is 34.7 Å². The molecule has 7 nitrogen and oxygen atoms in total. The highest BCUT2D eigenvalue weighted by atomic mass is 79.9. The maximum Gasteiger partial charge on any atom is 0.407 e. The van der Waals surface area contributed by atoms with Crippen molar-refractivity contribution in [3.05, 3.63) is 63.9 Å². The lowest BCUT2D eigenvalue weighted by molar-refractivity contribution is 0.0514. The van der Waals surface area contributed by atoms with Crippen LogP contribution in [-0.2, 0) is 11.3 Å². The summed E-state index contributed by atoms with van der Waals surface area (Å²) in [6.07, 6.45) is 1.28. The van der Waals surface area contributed by atoms with Crippen molar-refractivity contribution in [1.29, 1.82) is 0 Å². The monoisotopic (exact) mass is 511 g/mol. The standard InChI is InChI=1S/C25H26BrN3O4/c1-15(30)16-9-11-29-20(13-16)21(17-7-5-6-8-19(17)26)18-14-28(23(31)22(18)29)12-10-27-24(32)33-25(2,3)4/h5-9,11,13H,10,12,14H2,1-4H3,(H,27,32). The summed E-state index contributed by atoms with van der Waals surface area (Å²) in [6, 6.07) is 11.4. The average molecular weight is 512 g/mol. The molecular formula is C25H26BrN3O4. The Hall–Kier alpha value is -3.13. The predicted molar refractivity (Wildman–Crippen MR) is 130 cm³/mol. The number of carbonyl (C=O) groups is 3. The lowest BCUT2D eigenvalue weighted by Gasteiger charge is -2.21. The van der Waals surface area contributed by atoms with E-state index in [2.05, 4.69) is 21.2 Å². The van der Waals surface area contributed by atoms with Gasteiger partial charge in [0.05, 0.1) is 5.52 Å². The van der Waals surface area contributed by atoms with Crippen molar-refractivity contribution in [2.45, 2.75) is 39.8 Å². The number of hydrogen-bond donors (Lipinski definition) is 1. The van der Waals surface area contributed by atoms with Gasteiger partial charge in [0.2, 0.25) is 0 Å². The summed E-state index contributed by atoms with van der Waals surface area (Å²) in [5.41, 5.74) is 4.21. The van der Waals surface area contributed by atoms with Crippen molar-refractivity contribution in [1.82, 2.24) is 14.6 Å². The molecule has 0 fully saturated rings. The number of ether oxygens (including phenoxy) is 1. The Morgan fingerprint density at radius 3 is 2.58 bits per heavy atom. The molecule has 8 heteroatoms. The molecule has 172 valence electrons. The Bertz CT molecular complexity index is 1270. The highest BCUT2D eigenvalue weighted by molar-refractivity contribution is 9.10. The summed E-state index contributed by atoms with van der Waals surface area (Å²) in [7, 11) is 0. The molecule has 0 atom stereocenters. The van der Waals surface area contributed by atoms with E-state index in [1.54, 1.807) is 37.9 Å². The number of ketones is 1. The largest absolute Gasteiger partial charge is 0.444 e. The van der Waals surface area contributed by atoms with E-state index < -0.39 is 11.7 Å². The number of Topliss-reactive ketones (excluding diaryl/α,β-unsaturated/α-hetero) is 1. The van der Waals surface area contributed by atoms with Gasteiger partial charge in [0.1, 0.15) is 11.3 Å². The van der Waals surface area contributed by atoms with Crippen molar-refractivity contribution >= 4 is 39.2 Å². The second-order valence-electron chi connectivity index (χ2n) is 9.06. The number of nitrogens with one attached hydrogen (secondary N) is 1. The highest BCUT2D eigenvalue weighted by Crippen LogP contribution is 2.41. The lowest BCUT2D eigenvalue weighted by Crippen LogP contribution is -2.38. The average Bonchev–Trinajstić information content (AvgIpc) is 3.21. The molecular weight excluding hydrogens is 486 g/mol. The first kappa shape index (κ1) is 23.0. The number of carbonyl (C=O) groups excluding carboxylic acids is 3. The van der Waals surface area contributed by atoms with Gasteiger partial charge in [-0.1, -0.05) is 34.1 Å². The molecule has 1 aliphatic heterocycles. The summed E-state index contributed by atoms with van der Waals surface area (Å²) < 4.78 is 8.03. The molecule has 4 rings (SSSR count). The Morgan fingerprint density at radius 1 is 1.18 bits per heavy atom. The third-order valence-corrected chi connectivity index (χ3v) is 6.17. The topological polar surface area (TPSA) is 80.1 Å². The van der Waals surface area contributed by atoms with E-state index in [9.17, 15) is 14.4 Å². The minimum Gasteiger partial charge on any atom is -0.444 e. The van der Waals surface area contributed by atoms with Crippen molar-refractivity contribution in [3.8, 4) is 11.1 Å². The first-order chi connectivity index (χ1) is 15.6. The number of nitrogens with zero attached hydrogens (tertiary/aromatic N) is 2. The van der Waals surface area contributed by atoms with Crippen LogP contribution in [0.25, 0.3) is 16.6 Å². The second-order valence-corrected chi connectivity index (χ2v) is 9.92. The van der Waals surface area contributed by atoms with Crippen LogP contribution in [0.4, 0.5) is 4.79 Å². The number of benzene rings is 1. The Morgan fingerprint density at radius 2 is 1.91 bits per heavy atom. The minimum absolute atomic E-state index is 0.0295. The molecule has 1 aliphatic rings. The van der Waals surface area contributed by atoms with Crippen LogP contribution in [0.1, 0.15) is 54.1 Å². The molecule has 1 aromatic carbocycles. The SMILES string of the molecule is CC(=O)c1ccn2c3c(c(-c4ccccc4Br)c2c1)CN(CCNC(=O)OC(C)(C)C)C3=O. The maximum atomic E-state index is 13.3. The summed E-state index contributed by atoms with van der Waals surface area (Å²) in [6.45, 7) is 7.99. The fraction of sp³-hybridized carbons (Fsp3) is 0.320. The molecule has 0 saturated carbocycles. The van der Waals surface area contributed by atoms with Gasteiger partial charge in [-0.15, -0.1) is 0 Å². The van der Waals surface area contributed by atoms with Gasteiger partial charge in [-0.3, -0.25) is 9.59 Å². The number of halogens is 1. The van der Waals surface area contributed by atoms with E-state index >= 15 is 0 Å². The molecule has 0 spiro atoms. The normalized spacial score (nSPS) is 13.4. The minimum atomic E-state index is -0.581. The van der Waals surface area contributed by atoms with Crippen LogP contribution >= 0.6 is 15.9 Å². The van der Waals surface area contributed by atoms with Crippen LogP contribution < -0.4 is 5.32 Å². The number of aromatic nitrogens is 1. The Labute approximate surface area is 200 Å². The van der Waals surface area contributed by atoms with Gasteiger partial charge in [0, 0.05) is 47.0 Å². The number of alkyl carbamates (subject to hydrolysis) is 1. The molecule has 1 N–H and O–H groups in total. The molecule has 33 heavy (non-hydrogen) atoms. The zero-order chi connectivity index (χ0) is 23.9. The quantitative estimate of drug-likeness (QED) is 0.486. The maximum absolute atomic E-state index is 13.3. The van der Waals surface area contributed by atoms with Gasteiger partial charge in [-0.25, -0.2) is 4.79 Å². The molecule has 2 aromatic heterocycles. The molecule has 0 radical (unpaired) electrons. The van der Waals surface area contributed by atoms with Gasteiger partial charge < -0.3 is 19.4 Å². The van der Waals surface area contributed by atoms with Crippen molar-refractivity contribution in [2.75, 3.05) is 13.1 Å². The van der Waals surface area contributed by atoms with E-state index in [0.717, 1.165) is 26.7 Å². The van der Waals surface area contributed by atoms with Crippen LogP contribution in [0.2, 0.25) is 0 Å². The van der Waals surface area contributed by atoms with Crippen LogP contribution in [0, 0.1) is 0 Å². The molecule has 3 heterocycles. The van der Waals surface area contributed by atoms with E-state index in [-0.39, 0.29) is 18.2 Å². The number of amides is 2. The first-order valence-electron chi connectivity index (χ1n) is 10.8. The zero-order valence-electron chi connectivity index (χ0n) is 19.1. The molecule has 0 bridgehead atoms. The summed E-state index contributed by atoms with van der Waals surface area (Å²) in [5.74, 6) is -0.141. The third kappa shape index (κ3) is 4.53. The highest BCUT2D eigenvalue weighted by Gasteiger charge is 2.35. The van der Waals surface area contributed by atoms with E-state index in [0.29, 0.717) is 24.3 Å². The fourth-order valence-corrected chi connectivity index (χ4v) is 4.56. The van der Waals surface area contributed by atoms with E-state index in [4.69, 9.17) is 4.74 Å². The van der Waals surface area contributed by atoms with Crippen LogP contribution in [0.5, 0.6) is 0 Å². The number of fused-ring (bicyclic) bond motifs is 3. The first-order valence-corrected chi connectivity index (χ1v) is 11.5. The predicted octanol–water partition coefficient (Wildman–Crippen LogP) is 5.05. The van der Waals surface area contributed by atoms with Gasteiger partial charge >= 0.3 is 6.09 Å². The molecule has 0 unspecified atom stereocenters. The van der Waals surface area contributed by atoms with Gasteiger partial charge in [-0.2, -0.15) is 0 Å². The smallest absolute Gasteiger partial charge is 0.407 e. The summed E-state index contributed by atoms with van der Waals surface area (Å²) >= 11 is 3.64.